The Morgan fingerprint density at radius 1 is 1.42 bits per heavy atom. The van der Waals surface area contributed by atoms with Gasteiger partial charge in [0.1, 0.15) is 11.4 Å². The Balaban J connectivity index is 2.00. The van der Waals surface area contributed by atoms with Crippen molar-refractivity contribution in [3.63, 3.8) is 0 Å². The molecule has 0 radical (unpaired) electrons. The number of nitrogens with zero attached hydrogens (tertiary/aromatic N) is 2. The fraction of sp³-hybridized carbons (Fsp3) is 0.429. The number of rotatable bonds is 1. The normalized spacial score (nSPS) is 26.4. The van der Waals surface area contributed by atoms with Crippen LogP contribution in [0, 0.1) is 5.82 Å². The van der Waals surface area contributed by atoms with Crippen molar-refractivity contribution in [2.45, 2.75) is 24.8 Å². The first-order valence-electron chi connectivity index (χ1n) is 6.32. The summed E-state index contributed by atoms with van der Waals surface area (Å²) in [6.45, 7) is 0.733. The maximum atomic E-state index is 14.1. The molecule has 1 fully saturated rings. The van der Waals surface area contributed by atoms with Crippen molar-refractivity contribution in [1.29, 1.82) is 0 Å². The van der Waals surface area contributed by atoms with Crippen LogP contribution < -0.4 is 0 Å². The summed E-state index contributed by atoms with van der Waals surface area (Å²) in [5, 5.41) is 0. The van der Waals surface area contributed by atoms with E-state index >= 15 is 0 Å². The summed E-state index contributed by atoms with van der Waals surface area (Å²) >= 11 is 3.18. The number of aliphatic imine (C=N–C) groups is 1. The van der Waals surface area contributed by atoms with Crippen LogP contribution >= 0.6 is 15.9 Å². The van der Waals surface area contributed by atoms with Gasteiger partial charge in [-0.1, -0.05) is 12.1 Å². The molecule has 0 N–H and O–H groups in total. The fourth-order valence-corrected chi connectivity index (χ4v) is 3.24. The number of halogens is 2. The highest BCUT2D eigenvalue weighted by molar-refractivity contribution is 9.10. The molecule has 0 aromatic heterocycles. The van der Waals surface area contributed by atoms with Crippen LogP contribution in [-0.2, 0) is 4.79 Å². The molecule has 5 heteroatoms. The quantitative estimate of drug-likeness (QED) is 0.781. The van der Waals surface area contributed by atoms with Crippen molar-refractivity contribution in [2.75, 3.05) is 13.6 Å². The molecule has 1 aromatic carbocycles. The lowest BCUT2D eigenvalue weighted by Crippen LogP contribution is -2.35. The molecule has 0 unspecified atom stereocenters. The molecule has 1 aromatic rings. The van der Waals surface area contributed by atoms with Gasteiger partial charge in [0.15, 0.2) is 0 Å². The number of likely N-dealkylation sites (tertiary alicyclic amines) is 1. The average molecular weight is 325 g/mol. The largest absolute Gasteiger partial charge is 0.344 e. The molecule has 19 heavy (non-hydrogen) atoms. The summed E-state index contributed by atoms with van der Waals surface area (Å²) in [6, 6.07) is 5.18. The van der Waals surface area contributed by atoms with Crippen LogP contribution in [0.15, 0.2) is 27.7 Å². The van der Waals surface area contributed by atoms with Gasteiger partial charge in [0.05, 0.1) is 4.47 Å². The molecule has 2 aliphatic rings. The number of amides is 1. The van der Waals surface area contributed by atoms with Gasteiger partial charge in [0, 0.05) is 24.9 Å². The van der Waals surface area contributed by atoms with E-state index < -0.39 is 5.54 Å². The van der Waals surface area contributed by atoms with Crippen LogP contribution in [0.2, 0.25) is 0 Å². The molecule has 2 aliphatic heterocycles. The van der Waals surface area contributed by atoms with Gasteiger partial charge in [-0.15, -0.1) is 0 Å². The zero-order chi connectivity index (χ0) is 13.6. The van der Waals surface area contributed by atoms with Crippen LogP contribution in [0.4, 0.5) is 4.39 Å². The summed E-state index contributed by atoms with van der Waals surface area (Å²) in [5.41, 5.74) is 0.592. The van der Waals surface area contributed by atoms with Gasteiger partial charge < -0.3 is 4.90 Å². The van der Waals surface area contributed by atoms with Crippen molar-refractivity contribution in [3.05, 3.63) is 34.1 Å². The molecule has 0 aliphatic carbocycles. The molecule has 2 heterocycles. The van der Waals surface area contributed by atoms with Gasteiger partial charge in [0.2, 0.25) is 5.91 Å². The van der Waals surface area contributed by atoms with Crippen LogP contribution in [0.3, 0.4) is 0 Å². The van der Waals surface area contributed by atoms with E-state index in [2.05, 4.69) is 20.9 Å². The van der Waals surface area contributed by atoms with Crippen LogP contribution in [0.1, 0.15) is 24.8 Å². The molecular formula is C14H14BrFN2O. The van der Waals surface area contributed by atoms with E-state index in [1.807, 2.05) is 0 Å². The third kappa shape index (κ3) is 1.91. The van der Waals surface area contributed by atoms with Crippen LogP contribution in [0.25, 0.3) is 0 Å². The third-order valence-corrected chi connectivity index (χ3v) is 4.60. The van der Waals surface area contributed by atoms with Gasteiger partial charge >= 0.3 is 0 Å². The van der Waals surface area contributed by atoms with E-state index in [-0.39, 0.29) is 11.7 Å². The molecule has 0 saturated carbocycles. The number of benzene rings is 1. The van der Waals surface area contributed by atoms with E-state index in [1.165, 1.54) is 0 Å². The summed E-state index contributed by atoms with van der Waals surface area (Å²) in [4.78, 5) is 18.5. The Bertz CT molecular complexity index is 587. The molecule has 3 rings (SSSR count). The molecule has 0 bridgehead atoms. The first kappa shape index (κ1) is 12.8. The summed E-state index contributed by atoms with van der Waals surface area (Å²) in [6.07, 6.45) is 2.09. The highest BCUT2D eigenvalue weighted by Crippen LogP contribution is 2.37. The molecule has 100 valence electrons. The van der Waals surface area contributed by atoms with E-state index in [0.29, 0.717) is 28.6 Å². The van der Waals surface area contributed by atoms with Gasteiger partial charge in [-0.25, -0.2) is 4.39 Å². The monoisotopic (exact) mass is 324 g/mol. The first-order chi connectivity index (χ1) is 9.03. The molecule has 3 nitrogen and oxygen atoms in total. The Labute approximate surface area is 119 Å². The second-order valence-electron chi connectivity index (χ2n) is 5.17. The van der Waals surface area contributed by atoms with Crippen molar-refractivity contribution < 1.29 is 9.18 Å². The highest BCUT2D eigenvalue weighted by atomic mass is 79.9. The van der Waals surface area contributed by atoms with Crippen molar-refractivity contribution in [2.24, 2.45) is 4.99 Å². The molecule has 1 spiro atoms. The lowest BCUT2D eigenvalue weighted by atomic mass is 9.95. The van der Waals surface area contributed by atoms with Crippen LogP contribution in [-0.4, -0.2) is 35.7 Å². The van der Waals surface area contributed by atoms with Crippen molar-refractivity contribution >= 4 is 27.5 Å². The maximum absolute atomic E-state index is 14.1. The van der Waals surface area contributed by atoms with E-state index in [1.54, 1.807) is 30.1 Å². The van der Waals surface area contributed by atoms with Crippen molar-refractivity contribution in [3.8, 4) is 0 Å². The molecule has 1 atom stereocenters. The van der Waals surface area contributed by atoms with Crippen molar-refractivity contribution in [1.82, 2.24) is 4.90 Å². The highest BCUT2D eigenvalue weighted by Gasteiger charge is 2.48. The predicted octanol–water partition coefficient (Wildman–Crippen LogP) is 2.77. The van der Waals surface area contributed by atoms with Gasteiger partial charge in [0.25, 0.3) is 0 Å². The van der Waals surface area contributed by atoms with E-state index in [0.717, 1.165) is 13.0 Å². The third-order valence-electron chi connectivity index (χ3n) is 3.99. The second kappa shape index (κ2) is 4.40. The standard InChI is InChI=1S/C14H14BrFN2O/c1-18-8-7-14(13(18)19)6-5-11(17-14)9-3-2-4-10(15)12(9)16/h2-4H,5-8H2,1H3/t14-/m0/s1. The van der Waals surface area contributed by atoms with Gasteiger partial charge in [-0.2, -0.15) is 0 Å². The van der Waals surface area contributed by atoms with Gasteiger partial charge in [-0.3, -0.25) is 9.79 Å². The minimum atomic E-state index is -0.626. The summed E-state index contributed by atoms with van der Waals surface area (Å²) < 4.78 is 14.5. The van der Waals surface area contributed by atoms with E-state index in [9.17, 15) is 9.18 Å². The second-order valence-corrected chi connectivity index (χ2v) is 6.02. The predicted molar refractivity (Wildman–Crippen MR) is 74.9 cm³/mol. The lowest BCUT2D eigenvalue weighted by molar-refractivity contribution is -0.130. The number of carbonyl (C=O) groups excluding carboxylic acids is 1. The smallest absolute Gasteiger partial charge is 0.250 e. The average Bonchev–Trinajstić information content (AvgIpc) is 2.94. The number of hydrogen-bond donors (Lipinski definition) is 0. The Morgan fingerprint density at radius 3 is 2.89 bits per heavy atom. The maximum Gasteiger partial charge on any atom is 0.250 e. The number of likely N-dealkylation sites (N-methyl/N-ethyl adjacent to an activating group) is 1. The van der Waals surface area contributed by atoms with Gasteiger partial charge in [-0.05, 0) is 41.3 Å². The zero-order valence-corrected chi connectivity index (χ0v) is 12.2. The Kier molecular flexibility index (Phi) is 2.96. The SMILES string of the molecule is CN1CC[C@@]2(CCC(c3cccc(Br)c3F)=N2)C1=O. The van der Waals surface area contributed by atoms with Crippen LogP contribution in [0.5, 0.6) is 0 Å². The zero-order valence-electron chi connectivity index (χ0n) is 10.6. The Morgan fingerprint density at radius 2 is 2.21 bits per heavy atom. The summed E-state index contributed by atoms with van der Waals surface area (Å²) in [7, 11) is 1.80. The first-order valence-corrected chi connectivity index (χ1v) is 7.11. The fourth-order valence-electron chi connectivity index (χ4n) is 2.87. The molecule has 1 saturated heterocycles. The number of hydrogen-bond acceptors (Lipinski definition) is 2. The number of carbonyl (C=O) groups is 1. The molecular weight excluding hydrogens is 311 g/mol. The minimum Gasteiger partial charge on any atom is -0.344 e. The summed E-state index contributed by atoms with van der Waals surface area (Å²) in [5.74, 6) is -0.227. The topological polar surface area (TPSA) is 32.7 Å². The van der Waals surface area contributed by atoms with E-state index in [4.69, 9.17) is 0 Å². The molecule has 1 amide bonds. The Hall–Kier alpha value is -1.23. The minimum absolute atomic E-state index is 0.0675. The lowest BCUT2D eigenvalue weighted by Gasteiger charge is -2.17.